The minimum absolute atomic E-state index is 0.0113. The highest BCUT2D eigenvalue weighted by molar-refractivity contribution is 6.33. The molecule has 2 aliphatic rings. The van der Waals surface area contributed by atoms with Crippen molar-refractivity contribution in [3.63, 3.8) is 0 Å². The first-order valence-corrected chi connectivity index (χ1v) is 11.5. The number of anilines is 1. The maximum Gasteiger partial charge on any atom is 0.223 e. The lowest BCUT2D eigenvalue weighted by atomic mass is 9.95. The third-order valence-electron chi connectivity index (χ3n) is 6.56. The van der Waals surface area contributed by atoms with Crippen LogP contribution in [0, 0.1) is 12.8 Å². The zero-order valence-electron chi connectivity index (χ0n) is 18.1. The summed E-state index contributed by atoms with van der Waals surface area (Å²) >= 11 is 6.45. The molecule has 1 amide bonds. The minimum Gasteiger partial charge on any atom is -0.357 e. The molecule has 1 N–H and O–H groups in total. The molecule has 7 heteroatoms. The predicted molar refractivity (Wildman–Crippen MR) is 125 cm³/mol. The van der Waals surface area contributed by atoms with Crippen LogP contribution in [0.2, 0.25) is 5.02 Å². The fraction of sp³-hybridized carbons (Fsp3) is 0.360. The van der Waals surface area contributed by atoms with E-state index in [0.717, 1.165) is 67.1 Å². The number of aromatic nitrogens is 3. The van der Waals surface area contributed by atoms with Gasteiger partial charge in [-0.25, -0.2) is 4.98 Å². The summed E-state index contributed by atoms with van der Waals surface area (Å²) in [6.45, 7) is 3.59. The molecule has 4 heterocycles. The third-order valence-corrected chi connectivity index (χ3v) is 6.86. The number of rotatable bonds is 5. The van der Waals surface area contributed by atoms with Crippen molar-refractivity contribution in [2.45, 2.75) is 38.1 Å². The topological polar surface area (TPSA) is 71.0 Å². The molecule has 0 spiro atoms. The number of nitrogens with one attached hydrogen (secondary N) is 1. The van der Waals surface area contributed by atoms with E-state index >= 15 is 0 Å². The highest BCUT2D eigenvalue weighted by Crippen LogP contribution is 2.45. The lowest BCUT2D eigenvalue weighted by Crippen LogP contribution is -2.44. The Kier molecular flexibility index (Phi) is 5.55. The van der Waals surface area contributed by atoms with E-state index in [1.165, 1.54) is 0 Å². The van der Waals surface area contributed by atoms with E-state index in [9.17, 15) is 4.79 Å². The van der Waals surface area contributed by atoms with Crippen LogP contribution in [0.15, 0.2) is 55.0 Å². The normalized spacial score (nSPS) is 17.8. The van der Waals surface area contributed by atoms with Gasteiger partial charge < -0.3 is 10.2 Å². The van der Waals surface area contributed by atoms with Gasteiger partial charge in [0.1, 0.15) is 5.82 Å². The molecule has 0 atom stereocenters. The Morgan fingerprint density at radius 2 is 1.88 bits per heavy atom. The first-order valence-electron chi connectivity index (χ1n) is 11.1. The Hall–Kier alpha value is -2.99. The summed E-state index contributed by atoms with van der Waals surface area (Å²) in [5.41, 5.74) is 3.54. The van der Waals surface area contributed by atoms with Crippen LogP contribution >= 0.6 is 11.6 Å². The molecule has 164 valence electrons. The van der Waals surface area contributed by atoms with Gasteiger partial charge in [-0.2, -0.15) is 0 Å². The van der Waals surface area contributed by atoms with E-state index in [0.29, 0.717) is 5.02 Å². The van der Waals surface area contributed by atoms with Crippen molar-refractivity contribution in [1.82, 2.24) is 20.3 Å². The molecule has 0 radical (unpaired) electrons. The molecule has 3 aromatic rings. The van der Waals surface area contributed by atoms with Crippen molar-refractivity contribution in [2.75, 3.05) is 18.0 Å². The summed E-state index contributed by atoms with van der Waals surface area (Å²) in [6.07, 6.45) is 8.78. The summed E-state index contributed by atoms with van der Waals surface area (Å²) < 4.78 is 0. The van der Waals surface area contributed by atoms with Crippen LogP contribution in [0.3, 0.4) is 0 Å². The van der Waals surface area contributed by atoms with E-state index in [-0.39, 0.29) is 17.4 Å². The fourth-order valence-corrected chi connectivity index (χ4v) is 4.67. The molecule has 0 unspecified atom stereocenters. The van der Waals surface area contributed by atoms with Crippen molar-refractivity contribution < 1.29 is 4.79 Å². The average molecular weight is 448 g/mol. The number of amides is 1. The maximum absolute atomic E-state index is 13.0. The number of carbonyl (C=O) groups is 1. The standard InChI is InChI=1S/C25H26ClN5O/c1-17-5-4-12-28-23(17)19-15-22(29-16-20(19)26)31-13-7-18(8-14-31)24(32)30-25(9-10-25)21-6-2-3-11-27-21/h2-6,11-12,15-16,18H,7-10,13-14H2,1H3,(H,30,32). The van der Waals surface area contributed by atoms with Gasteiger partial charge in [-0.05, 0) is 62.4 Å². The van der Waals surface area contributed by atoms with E-state index in [2.05, 4.69) is 25.2 Å². The third kappa shape index (κ3) is 4.07. The summed E-state index contributed by atoms with van der Waals surface area (Å²) in [5, 5.41) is 3.88. The van der Waals surface area contributed by atoms with Crippen LogP contribution in [0.5, 0.6) is 0 Å². The molecule has 1 saturated carbocycles. The number of hydrogen-bond donors (Lipinski definition) is 1. The van der Waals surface area contributed by atoms with Gasteiger partial charge in [-0.1, -0.05) is 23.7 Å². The van der Waals surface area contributed by atoms with Gasteiger partial charge in [0.2, 0.25) is 5.91 Å². The number of hydrogen-bond acceptors (Lipinski definition) is 5. The van der Waals surface area contributed by atoms with E-state index in [1.807, 2.05) is 43.3 Å². The first-order chi connectivity index (χ1) is 15.6. The van der Waals surface area contributed by atoms with E-state index in [1.54, 1.807) is 18.6 Å². The molecular formula is C25H26ClN5O. The molecule has 0 aromatic carbocycles. The van der Waals surface area contributed by atoms with Crippen LogP contribution < -0.4 is 10.2 Å². The minimum atomic E-state index is -0.261. The average Bonchev–Trinajstić information content (AvgIpc) is 3.61. The van der Waals surface area contributed by atoms with Crippen LogP contribution in [0.25, 0.3) is 11.3 Å². The van der Waals surface area contributed by atoms with Gasteiger partial charge >= 0.3 is 0 Å². The number of pyridine rings is 3. The van der Waals surface area contributed by atoms with E-state index in [4.69, 9.17) is 11.6 Å². The molecule has 3 aromatic heterocycles. The number of piperidine rings is 1. The predicted octanol–water partition coefficient (Wildman–Crippen LogP) is 4.52. The summed E-state index contributed by atoms with van der Waals surface area (Å²) in [5.74, 6) is 1.03. The largest absolute Gasteiger partial charge is 0.357 e. The Balaban J connectivity index is 1.25. The van der Waals surface area contributed by atoms with Crippen LogP contribution in [-0.2, 0) is 10.3 Å². The molecule has 1 aliphatic heterocycles. The Bertz CT molecular complexity index is 1120. The smallest absolute Gasteiger partial charge is 0.223 e. The second-order valence-corrected chi connectivity index (χ2v) is 9.15. The van der Waals surface area contributed by atoms with Crippen LogP contribution in [-0.4, -0.2) is 33.9 Å². The summed E-state index contributed by atoms with van der Waals surface area (Å²) in [7, 11) is 0. The van der Waals surface area contributed by atoms with Crippen molar-refractivity contribution in [3.8, 4) is 11.3 Å². The highest BCUT2D eigenvalue weighted by Gasteiger charge is 2.47. The molecule has 5 rings (SSSR count). The maximum atomic E-state index is 13.0. The molecule has 2 fully saturated rings. The quantitative estimate of drug-likeness (QED) is 0.622. The van der Waals surface area contributed by atoms with E-state index < -0.39 is 0 Å². The van der Waals surface area contributed by atoms with Gasteiger partial charge in [0, 0.05) is 43.2 Å². The van der Waals surface area contributed by atoms with Crippen LogP contribution in [0.1, 0.15) is 36.9 Å². The Labute approximate surface area is 193 Å². The Morgan fingerprint density at radius 1 is 1.09 bits per heavy atom. The SMILES string of the molecule is Cc1cccnc1-c1cc(N2CCC(C(=O)NC3(c4ccccn4)CC3)CC2)ncc1Cl. The number of nitrogens with zero attached hydrogens (tertiary/aromatic N) is 4. The van der Waals surface area contributed by atoms with Crippen molar-refractivity contribution in [2.24, 2.45) is 5.92 Å². The van der Waals surface area contributed by atoms with Crippen molar-refractivity contribution in [3.05, 3.63) is 71.3 Å². The monoisotopic (exact) mass is 447 g/mol. The van der Waals surface area contributed by atoms with Gasteiger partial charge in [-0.15, -0.1) is 0 Å². The second kappa shape index (κ2) is 8.51. The molecular weight excluding hydrogens is 422 g/mol. The highest BCUT2D eigenvalue weighted by atomic mass is 35.5. The molecule has 0 bridgehead atoms. The van der Waals surface area contributed by atoms with Crippen molar-refractivity contribution >= 4 is 23.3 Å². The number of aryl methyl sites for hydroxylation is 1. The molecule has 6 nitrogen and oxygen atoms in total. The zero-order valence-corrected chi connectivity index (χ0v) is 18.8. The van der Waals surface area contributed by atoms with Gasteiger partial charge in [0.15, 0.2) is 0 Å². The number of carbonyl (C=O) groups excluding carboxylic acids is 1. The molecule has 1 saturated heterocycles. The fourth-order valence-electron chi connectivity index (χ4n) is 4.47. The molecule has 1 aliphatic carbocycles. The van der Waals surface area contributed by atoms with Crippen LogP contribution in [0.4, 0.5) is 5.82 Å². The molecule has 32 heavy (non-hydrogen) atoms. The van der Waals surface area contributed by atoms with Crippen molar-refractivity contribution in [1.29, 1.82) is 0 Å². The second-order valence-electron chi connectivity index (χ2n) is 8.74. The first kappa shape index (κ1) is 20.9. The lowest BCUT2D eigenvalue weighted by molar-refractivity contribution is -0.126. The van der Waals surface area contributed by atoms with Gasteiger partial charge in [-0.3, -0.25) is 14.8 Å². The Morgan fingerprint density at radius 3 is 2.56 bits per heavy atom. The number of halogens is 1. The van der Waals surface area contributed by atoms with Gasteiger partial charge in [0.05, 0.1) is 21.9 Å². The summed E-state index contributed by atoms with van der Waals surface area (Å²) in [6, 6.07) is 11.8. The zero-order chi connectivity index (χ0) is 22.1. The lowest BCUT2D eigenvalue weighted by Gasteiger charge is -2.33. The summed E-state index contributed by atoms with van der Waals surface area (Å²) in [4.78, 5) is 28.7. The van der Waals surface area contributed by atoms with Gasteiger partial charge in [0.25, 0.3) is 0 Å².